The molecule has 0 bridgehead atoms. The summed E-state index contributed by atoms with van der Waals surface area (Å²) in [5.74, 6) is -0.708. The Morgan fingerprint density at radius 1 is 1.14 bits per heavy atom. The lowest BCUT2D eigenvalue weighted by molar-refractivity contribution is 0.231. The van der Waals surface area contributed by atoms with E-state index in [2.05, 4.69) is 5.32 Å². The predicted octanol–water partition coefficient (Wildman–Crippen LogP) is 4.68. The van der Waals surface area contributed by atoms with Crippen molar-refractivity contribution in [1.82, 2.24) is 0 Å². The van der Waals surface area contributed by atoms with E-state index >= 15 is 0 Å². The zero-order valence-corrected chi connectivity index (χ0v) is 13.7. The molecule has 0 heterocycles. The molecule has 2 rings (SSSR count). The first-order chi connectivity index (χ1) is 9.86. The van der Waals surface area contributed by atoms with Crippen molar-refractivity contribution < 1.29 is 13.5 Å². The van der Waals surface area contributed by atoms with Crippen LogP contribution in [0.15, 0.2) is 30.3 Å². The Morgan fingerprint density at radius 3 is 2.48 bits per heavy atom. The van der Waals surface area contributed by atoms with E-state index in [0.29, 0.717) is 14.9 Å². The Kier molecular flexibility index (Phi) is 4.87. The van der Waals surface area contributed by atoms with Gasteiger partial charge in [-0.1, -0.05) is 0 Å². The molecule has 21 heavy (non-hydrogen) atoms. The number of ether oxygens (including phenoxy) is 1. The molecule has 0 unspecified atom stereocenters. The van der Waals surface area contributed by atoms with Crippen molar-refractivity contribution >= 4 is 39.7 Å². The van der Waals surface area contributed by atoms with Crippen molar-refractivity contribution in [1.29, 1.82) is 0 Å². The molecule has 0 spiro atoms. The number of nitrogens with one attached hydrogen (secondary N) is 1. The fraction of sp³-hybridized carbons (Fsp3) is 0.200. The van der Waals surface area contributed by atoms with Gasteiger partial charge in [-0.15, -0.1) is 0 Å². The van der Waals surface area contributed by atoms with Gasteiger partial charge in [-0.3, -0.25) is 0 Å². The largest absolute Gasteiger partial charge is 0.488 e. The molecule has 2 aromatic carbocycles. The van der Waals surface area contributed by atoms with Crippen molar-refractivity contribution in [3.05, 3.63) is 45.5 Å². The molecular formula is C15H15F2IN2O. The van der Waals surface area contributed by atoms with Crippen molar-refractivity contribution in [3.8, 4) is 5.75 Å². The topological polar surface area (TPSA) is 47.3 Å². The molecule has 0 atom stereocenters. The third-order valence-corrected chi connectivity index (χ3v) is 3.56. The monoisotopic (exact) mass is 404 g/mol. The molecule has 0 amide bonds. The minimum Gasteiger partial charge on any atom is -0.488 e. The fourth-order valence-corrected chi connectivity index (χ4v) is 2.37. The summed E-state index contributed by atoms with van der Waals surface area (Å²) in [4.78, 5) is 0. The molecular weight excluding hydrogens is 389 g/mol. The van der Waals surface area contributed by atoms with Crippen LogP contribution < -0.4 is 15.8 Å². The minimum absolute atomic E-state index is 0.124. The van der Waals surface area contributed by atoms with Crippen LogP contribution in [0.2, 0.25) is 0 Å². The molecule has 0 radical (unpaired) electrons. The Labute approximate surface area is 135 Å². The van der Waals surface area contributed by atoms with E-state index in [9.17, 15) is 8.78 Å². The second-order valence-electron chi connectivity index (χ2n) is 4.79. The summed E-state index contributed by atoms with van der Waals surface area (Å²) in [5.41, 5.74) is 7.26. The normalized spacial score (nSPS) is 10.8. The second kappa shape index (κ2) is 6.46. The maximum Gasteiger partial charge on any atom is 0.167 e. The van der Waals surface area contributed by atoms with E-state index in [1.54, 1.807) is 6.07 Å². The van der Waals surface area contributed by atoms with Gasteiger partial charge in [0.2, 0.25) is 0 Å². The molecule has 3 N–H and O–H groups in total. The van der Waals surface area contributed by atoms with Gasteiger partial charge in [-0.2, -0.15) is 0 Å². The number of halogens is 3. The van der Waals surface area contributed by atoms with Crippen molar-refractivity contribution in [2.45, 2.75) is 20.0 Å². The summed E-state index contributed by atoms with van der Waals surface area (Å²) in [6.45, 7) is 3.62. The molecule has 0 aliphatic rings. The van der Waals surface area contributed by atoms with Gasteiger partial charge in [0.1, 0.15) is 5.82 Å². The Hall–Kier alpha value is -1.57. The van der Waals surface area contributed by atoms with E-state index in [1.807, 2.05) is 36.4 Å². The molecule has 0 fully saturated rings. The van der Waals surface area contributed by atoms with Gasteiger partial charge in [0.15, 0.2) is 11.6 Å². The number of nitrogens with two attached hydrogens (primary N) is 1. The fourth-order valence-electron chi connectivity index (χ4n) is 1.76. The second-order valence-corrected chi connectivity index (χ2v) is 5.95. The number of benzene rings is 2. The van der Waals surface area contributed by atoms with Gasteiger partial charge in [-0.25, -0.2) is 8.78 Å². The van der Waals surface area contributed by atoms with Crippen LogP contribution in [-0.2, 0) is 0 Å². The standard InChI is InChI=1S/C15H15F2IN2O/c1-8(2)21-15-7-14(12(19)6-10(15)17)20-13-4-3-9(16)5-11(13)18/h3-8,20H,19H2,1-2H3. The van der Waals surface area contributed by atoms with Crippen LogP contribution in [0.25, 0.3) is 0 Å². The zero-order valence-electron chi connectivity index (χ0n) is 11.6. The Bertz CT molecular complexity index is 662. The van der Waals surface area contributed by atoms with E-state index in [-0.39, 0.29) is 23.4 Å². The van der Waals surface area contributed by atoms with Gasteiger partial charge >= 0.3 is 0 Å². The quantitative estimate of drug-likeness (QED) is 0.575. The lowest BCUT2D eigenvalue weighted by Gasteiger charge is -2.15. The molecule has 0 saturated heterocycles. The Morgan fingerprint density at radius 2 is 1.86 bits per heavy atom. The maximum absolute atomic E-state index is 13.8. The van der Waals surface area contributed by atoms with Crippen LogP contribution in [0.3, 0.4) is 0 Å². The molecule has 0 aliphatic carbocycles. The molecule has 0 saturated carbocycles. The predicted molar refractivity (Wildman–Crippen MR) is 89.0 cm³/mol. The van der Waals surface area contributed by atoms with Crippen LogP contribution >= 0.6 is 22.6 Å². The van der Waals surface area contributed by atoms with Crippen LogP contribution in [0.1, 0.15) is 13.8 Å². The van der Waals surface area contributed by atoms with Crippen molar-refractivity contribution in [3.63, 3.8) is 0 Å². The summed E-state index contributed by atoms with van der Waals surface area (Å²) in [7, 11) is 0. The van der Waals surface area contributed by atoms with Gasteiger partial charge in [0, 0.05) is 15.7 Å². The van der Waals surface area contributed by atoms with Crippen LogP contribution in [0, 0.1) is 15.2 Å². The first kappa shape index (κ1) is 15.8. The highest BCUT2D eigenvalue weighted by Crippen LogP contribution is 2.32. The molecule has 112 valence electrons. The summed E-state index contributed by atoms with van der Waals surface area (Å²) in [6.07, 6.45) is -0.151. The molecule has 6 heteroatoms. The van der Waals surface area contributed by atoms with Gasteiger partial charge < -0.3 is 15.8 Å². The van der Waals surface area contributed by atoms with Crippen molar-refractivity contribution in [2.75, 3.05) is 11.1 Å². The molecule has 3 nitrogen and oxygen atoms in total. The first-order valence-electron chi connectivity index (χ1n) is 6.34. The van der Waals surface area contributed by atoms with Gasteiger partial charge in [-0.05, 0) is 54.6 Å². The number of rotatable bonds is 4. The van der Waals surface area contributed by atoms with Gasteiger partial charge in [0.25, 0.3) is 0 Å². The molecule has 0 aliphatic heterocycles. The van der Waals surface area contributed by atoms with E-state index in [1.165, 1.54) is 24.3 Å². The third kappa shape index (κ3) is 3.96. The van der Waals surface area contributed by atoms with E-state index < -0.39 is 5.82 Å². The summed E-state index contributed by atoms with van der Waals surface area (Å²) >= 11 is 2.01. The minimum atomic E-state index is -0.513. The van der Waals surface area contributed by atoms with Crippen LogP contribution in [0.5, 0.6) is 5.75 Å². The van der Waals surface area contributed by atoms with E-state index in [0.717, 1.165) is 0 Å². The maximum atomic E-state index is 13.8. The highest BCUT2D eigenvalue weighted by atomic mass is 127. The lowest BCUT2D eigenvalue weighted by atomic mass is 10.2. The SMILES string of the molecule is CC(C)Oc1cc(Nc2ccc(F)cc2I)c(N)cc1F. The average Bonchev–Trinajstić information content (AvgIpc) is 2.37. The zero-order chi connectivity index (χ0) is 15.6. The summed E-state index contributed by atoms with van der Waals surface area (Å²) in [5, 5.41) is 3.06. The number of hydrogen-bond donors (Lipinski definition) is 2. The smallest absolute Gasteiger partial charge is 0.167 e. The lowest BCUT2D eigenvalue weighted by Crippen LogP contribution is -2.08. The average molecular weight is 404 g/mol. The van der Waals surface area contributed by atoms with Crippen LogP contribution in [-0.4, -0.2) is 6.10 Å². The molecule has 2 aromatic rings. The molecule has 0 aromatic heterocycles. The number of anilines is 3. The summed E-state index contributed by atoms with van der Waals surface area (Å²) < 4.78 is 33.0. The first-order valence-corrected chi connectivity index (χ1v) is 7.42. The van der Waals surface area contributed by atoms with Gasteiger partial charge in [0.05, 0.1) is 23.2 Å². The highest BCUT2D eigenvalue weighted by Gasteiger charge is 2.12. The highest BCUT2D eigenvalue weighted by molar-refractivity contribution is 14.1. The van der Waals surface area contributed by atoms with Crippen molar-refractivity contribution in [2.24, 2.45) is 0 Å². The van der Waals surface area contributed by atoms with Crippen LogP contribution in [0.4, 0.5) is 25.8 Å². The van der Waals surface area contributed by atoms with E-state index in [4.69, 9.17) is 10.5 Å². The number of nitrogen functional groups attached to an aromatic ring is 1. The number of hydrogen-bond acceptors (Lipinski definition) is 3. The Balaban J connectivity index is 2.34. The third-order valence-electron chi connectivity index (χ3n) is 2.67. The summed E-state index contributed by atoms with van der Waals surface area (Å²) in [6, 6.07) is 7.05.